The van der Waals surface area contributed by atoms with Crippen molar-refractivity contribution in [2.75, 3.05) is 13.7 Å². The van der Waals surface area contributed by atoms with Crippen molar-refractivity contribution in [3.05, 3.63) is 21.9 Å². The highest BCUT2D eigenvalue weighted by Gasteiger charge is 2.08. The van der Waals surface area contributed by atoms with E-state index in [0.717, 1.165) is 6.42 Å². The molecule has 1 aromatic rings. The maximum absolute atomic E-state index is 5.27. The van der Waals surface area contributed by atoms with Gasteiger partial charge in [0, 0.05) is 35.4 Å². The average molecular weight is 286 g/mol. The van der Waals surface area contributed by atoms with Crippen LogP contribution in [0.25, 0.3) is 0 Å². The quantitative estimate of drug-likeness (QED) is 0.787. The Labute approximate surface area is 119 Å². The zero-order chi connectivity index (χ0) is 13.5. The number of aryl methyl sites for hydroxylation is 1. The number of nitrogens with one attached hydrogen (secondary N) is 2. The molecule has 3 nitrogen and oxygen atoms in total. The van der Waals surface area contributed by atoms with Crippen LogP contribution in [0, 0.1) is 6.92 Å². The van der Waals surface area contributed by atoms with E-state index in [-0.39, 0.29) is 6.04 Å². The van der Waals surface area contributed by atoms with Crippen molar-refractivity contribution in [3.8, 4) is 0 Å². The highest BCUT2D eigenvalue weighted by molar-refractivity contribution is 7.80. The minimum Gasteiger partial charge on any atom is -0.383 e. The summed E-state index contributed by atoms with van der Waals surface area (Å²) >= 11 is 7.11. The fraction of sp³-hybridized carbons (Fsp3) is 0.615. The van der Waals surface area contributed by atoms with Gasteiger partial charge >= 0.3 is 0 Å². The van der Waals surface area contributed by atoms with Crippen LogP contribution >= 0.6 is 23.6 Å². The van der Waals surface area contributed by atoms with Gasteiger partial charge in [-0.05, 0) is 45.1 Å². The molecule has 2 N–H and O–H groups in total. The molecule has 0 spiro atoms. The Morgan fingerprint density at radius 3 is 2.56 bits per heavy atom. The molecule has 0 radical (unpaired) electrons. The summed E-state index contributed by atoms with van der Waals surface area (Å²) in [4.78, 5) is 2.74. The van der Waals surface area contributed by atoms with Gasteiger partial charge in [0.15, 0.2) is 5.11 Å². The van der Waals surface area contributed by atoms with Crippen molar-refractivity contribution in [1.82, 2.24) is 10.6 Å². The first-order chi connectivity index (χ1) is 8.51. The largest absolute Gasteiger partial charge is 0.383 e. The van der Waals surface area contributed by atoms with E-state index in [1.165, 1.54) is 9.75 Å². The molecule has 0 bridgehead atoms. The van der Waals surface area contributed by atoms with Crippen LogP contribution in [0.3, 0.4) is 0 Å². The van der Waals surface area contributed by atoms with Gasteiger partial charge < -0.3 is 15.4 Å². The first-order valence-corrected chi connectivity index (χ1v) is 7.35. The third-order valence-corrected chi connectivity index (χ3v) is 3.73. The van der Waals surface area contributed by atoms with Crippen LogP contribution in [0.4, 0.5) is 0 Å². The Morgan fingerprint density at radius 2 is 2.00 bits per heavy atom. The molecular formula is C13H22N2OS2. The van der Waals surface area contributed by atoms with Gasteiger partial charge in [-0.1, -0.05) is 0 Å². The molecule has 1 aromatic heterocycles. The Hall–Kier alpha value is -0.650. The normalized spacial score (nSPS) is 14.0. The summed E-state index contributed by atoms with van der Waals surface area (Å²) in [5, 5.41) is 7.19. The van der Waals surface area contributed by atoms with Crippen LogP contribution in [0.5, 0.6) is 0 Å². The Morgan fingerprint density at radius 1 is 1.33 bits per heavy atom. The molecule has 102 valence electrons. The van der Waals surface area contributed by atoms with Crippen LogP contribution < -0.4 is 10.6 Å². The van der Waals surface area contributed by atoms with Crippen molar-refractivity contribution in [2.24, 2.45) is 0 Å². The molecular weight excluding hydrogens is 264 g/mol. The van der Waals surface area contributed by atoms with Gasteiger partial charge in [0.2, 0.25) is 0 Å². The zero-order valence-electron chi connectivity index (χ0n) is 11.4. The van der Waals surface area contributed by atoms with Crippen LogP contribution in [-0.4, -0.2) is 30.9 Å². The Kier molecular flexibility index (Phi) is 6.60. The molecule has 2 atom stereocenters. The van der Waals surface area contributed by atoms with E-state index < -0.39 is 0 Å². The van der Waals surface area contributed by atoms with Gasteiger partial charge in [0.05, 0.1) is 6.61 Å². The van der Waals surface area contributed by atoms with Crippen LogP contribution in [-0.2, 0) is 11.2 Å². The molecule has 0 amide bonds. The van der Waals surface area contributed by atoms with Crippen molar-refractivity contribution in [3.63, 3.8) is 0 Å². The van der Waals surface area contributed by atoms with Crippen LogP contribution in [0.15, 0.2) is 12.1 Å². The molecule has 0 aliphatic heterocycles. The van der Waals surface area contributed by atoms with Crippen molar-refractivity contribution >= 4 is 28.7 Å². The standard InChI is InChI=1S/C13H22N2OS2/c1-9(7-12-6-5-11(3)18-12)14-13(17)15-10(2)8-16-4/h5-6,9-10H,7-8H2,1-4H3,(H2,14,15,17). The monoisotopic (exact) mass is 286 g/mol. The number of methoxy groups -OCH3 is 1. The molecule has 5 heteroatoms. The highest BCUT2D eigenvalue weighted by atomic mass is 32.1. The Bertz CT molecular complexity index is 379. The summed E-state index contributed by atoms with van der Waals surface area (Å²) in [7, 11) is 1.69. The van der Waals surface area contributed by atoms with Crippen LogP contribution in [0.2, 0.25) is 0 Å². The predicted octanol–water partition coefficient (Wildman–Crippen LogP) is 2.49. The maximum Gasteiger partial charge on any atom is 0.166 e. The highest BCUT2D eigenvalue weighted by Crippen LogP contribution is 2.16. The lowest BCUT2D eigenvalue weighted by molar-refractivity contribution is 0.179. The fourth-order valence-corrected chi connectivity index (χ4v) is 3.15. The van der Waals surface area contributed by atoms with Crippen molar-refractivity contribution in [1.29, 1.82) is 0 Å². The van der Waals surface area contributed by atoms with E-state index in [0.29, 0.717) is 17.8 Å². The van der Waals surface area contributed by atoms with Gasteiger partial charge in [0.1, 0.15) is 0 Å². The number of hydrogen-bond donors (Lipinski definition) is 2. The number of thiophene rings is 1. The lowest BCUT2D eigenvalue weighted by Gasteiger charge is -2.19. The molecule has 0 saturated heterocycles. The van der Waals surface area contributed by atoms with Gasteiger partial charge in [-0.3, -0.25) is 0 Å². The predicted molar refractivity (Wildman–Crippen MR) is 82.4 cm³/mol. The first kappa shape index (κ1) is 15.4. The molecule has 0 aliphatic rings. The lowest BCUT2D eigenvalue weighted by Crippen LogP contribution is -2.46. The lowest BCUT2D eigenvalue weighted by atomic mass is 10.2. The summed E-state index contributed by atoms with van der Waals surface area (Å²) in [5.41, 5.74) is 0. The summed E-state index contributed by atoms with van der Waals surface area (Å²) in [6, 6.07) is 4.90. The summed E-state index contributed by atoms with van der Waals surface area (Å²) in [6.45, 7) is 6.97. The minimum absolute atomic E-state index is 0.228. The molecule has 18 heavy (non-hydrogen) atoms. The number of rotatable bonds is 6. The SMILES string of the molecule is COCC(C)NC(=S)NC(C)Cc1ccc(C)s1. The fourth-order valence-electron chi connectivity index (χ4n) is 1.73. The maximum atomic E-state index is 5.27. The number of ether oxygens (including phenoxy) is 1. The number of hydrogen-bond acceptors (Lipinski definition) is 3. The third kappa shape index (κ3) is 5.80. The van der Waals surface area contributed by atoms with E-state index >= 15 is 0 Å². The molecule has 0 aromatic carbocycles. The second kappa shape index (κ2) is 7.71. The zero-order valence-corrected chi connectivity index (χ0v) is 13.1. The molecule has 0 aliphatic carbocycles. The van der Waals surface area contributed by atoms with E-state index in [4.69, 9.17) is 17.0 Å². The summed E-state index contributed by atoms with van der Waals surface area (Å²) in [5.74, 6) is 0. The topological polar surface area (TPSA) is 33.3 Å². The van der Waals surface area contributed by atoms with E-state index in [1.54, 1.807) is 7.11 Å². The summed E-state index contributed by atoms with van der Waals surface area (Å²) in [6.07, 6.45) is 0.999. The minimum atomic E-state index is 0.228. The molecule has 0 fully saturated rings. The molecule has 1 heterocycles. The smallest absolute Gasteiger partial charge is 0.166 e. The molecule has 1 rings (SSSR count). The van der Waals surface area contributed by atoms with E-state index in [9.17, 15) is 0 Å². The van der Waals surface area contributed by atoms with Crippen LogP contribution in [0.1, 0.15) is 23.6 Å². The number of thiocarbonyl (C=S) groups is 1. The van der Waals surface area contributed by atoms with Gasteiger partial charge in [-0.25, -0.2) is 0 Å². The molecule has 2 unspecified atom stereocenters. The van der Waals surface area contributed by atoms with Crippen molar-refractivity contribution in [2.45, 2.75) is 39.3 Å². The first-order valence-electron chi connectivity index (χ1n) is 6.12. The van der Waals surface area contributed by atoms with Crippen molar-refractivity contribution < 1.29 is 4.74 Å². The van der Waals surface area contributed by atoms with Gasteiger partial charge in [0.25, 0.3) is 0 Å². The average Bonchev–Trinajstić information content (AvgIpc) is 2.63. The van der Waals surface area contributed by atoms with Gasteiger partial charge in [-0.2, -0.15) is 0 Å². The Balaban J connectivity index is 2.31. The molecule has 0 saturated carbocycles. The van der Waals surface area contributed by atoms with E-state index in [2.05, 4.69) is 36.6 Å². The van der Waals surface area contributed by atoms with Gasteiger partial charge in [-0.15, -0.1) is 11.3 Å². The summed E-state index contributed by atoms with van der Waals surface area (Å²) < 4.78 is 5.06. The third-order valence-electron chi connectivity index (χ3n) is 2.48. The second-order valence-electron chi connectivity index (χ2n) is 4.59. The second-order valence-corrected chi connectivity index (χ2v) is 6.37. The van der Waals surface area contributed by atoms with E-state index in [1.807, 2.05) is 18.3 Å².